The zero-order valence-corrected chi connectivity index (χ0v) is 20.5. The molecular weight excluding hydrogens is 476 g/mol. The fourth-order valence-electron chi connectivity index (χ4n) is 4.30. The Bertz CT molecular complexity index is 1060. The SMILES string of the molecule is C[C@H](Nc1cc(Cl)cnc1C(=O)O)c1ccc(C(=O)N[C@@H](CC2CCCC2)C(=O)NC2CC2)s1. The predicted molar refractivity (Wildman–Crippen MR) is 132 cm³/mol. The number of carbonyl (C=O) groups is 3. The summed E-state index contributed by atoms with van der Waals surface area (Å²) < 4.78 is 0. The minimum atomic E-state index is -1.16. The zero-order valence-electron chi connectivity index (χ0n) is 19.0. The van der Waals surface area contributed by atoms with Gasteiger partial charge in [0, 0.05) is 17.1 Å². The smallest absolute Gasteiger partial charge is 0.356 e. The molecule has 0 aliphatic heterocycles. The monoisotopic (exact) mass is 504 g/mol. The van der Waals surface area contributed by atoms with Crippen LogP contribution in [0, 0.1) is 5.92 Å². The zero-order chi connectivity index (χ0) is 24.2. The lowest BCUT2D eigenvalue weighted by molar-refractivity contribution is -0.123. The summed E-state index contributed by atoms with van der Waals surface area (Å²) in [5, 5.41) is 18.8. The van der Waals surface area contributed by atoms with Crippen molar-refractivity contribution >= 4 is 46.4 Å². The highest BCUT2D eigenvalue weighted by Crippen LogP contribution is 2.31. The lowest BCUT2D eigenvalue weighted by Gasteiger charge is -2.21. The molecule has 0 unspecified atom stereocenters. The van der Waals surface area contributed by atoms with Crippen molar-refractivity contribution in [2.75, 3.05) is 5.32 Å². The van der Waals surface area contributed by atoms with E-state index in [0.717, 1.165) is 30.6 Å². The van der Waals surface area contributed by atoms with Gasteiger partial charge < -0.3 is 21.1 Å². The van der Waals surface area contributed by atoms with E-state index >= 15 is 0 Å². The molecule has 2 amide bonds. The Morgan fingerprint density at radius 1 is 1.21 bits per heavy atom. The summed E-state index contributed by atoms with van der Waals surface area (Å²) in [6, 6.07) is 4.50. The van der Waals surface area contributed by atoms with Crippen molar-refractivity contribution in [2.45, 2.75) is 70.0 Å². The van der Waals surface area contributed by atoms with Gasteiger partial charge in [-0.3, -0.25) is 9.59 Å². The maximum Gasteiger partial charge on any atom is 0.356 e. The van der Waals surface area contributed by atoms with E-state index in [2.05, 4.69) is 20.9 Å². The van der Waals surface area contributed by atoms with Crippen molar-refractivity contribution in [3.05, 3.63) is 44.9 Å². The Labute approximate surface area is 207 Å². The van der Waals surface area contributed by atoms with Crippen LogP contribution in [-0.4, -0.2) is 40.0 Å². The number of halogens is 1. The number of carboxylic acid groups (broad SMARTS) is 1. The molecule has 0 radical (unpaired) electrons. The number of anilines is 1. The number of aromatic nitrogens is 1. The molecule has 4 rings (SSSR count). The Morgan fingerprint density at radius 3 is 2.62 bits per heavy atom. The van der Waals surface area contributed by atoms with Crippen LogP contribution in [0.25, 0.3) is 0 Å². The molecule has 8 nitrogen and oxygen atoms in total. The molecule has 2 saturated carbocycles. The fraction of sp³-hybridized carbons (Fsp3) is 0.500. The first kappa shape index (κ1) is 24.5. The molecule has 2 aliphatic carbocycles. The molecule has 2 fully saturated rings. The summed E-state index contributed by atoms with van der Waals surface area (Å²) in [7, 11) is 0. The summed E-state index contributed by atoms with van der Waals surface area (Å²) in [4.78, 5) is 42.5. The minimum absolute atomic E-state index is 0.0933. The molecule has 182 valence electrons. The normalized spacial score (nSPS) is 17.7. The second-order valence-corrected chi connectivity index (χ2v) is 10.7. The van der Waals surface area contributed by atoms with Crippen LogP contribution in [0.5, 0.6) is 0 Å². The van der Waals surface area contributed by atoms with Crippen molar-refractivity contribution in [1.29, 1.82) is 0 Å². The summed E-state index contributed by atoms with van der Waals surface area (Å²) >= 11 is 7.29. The maximum absolute atomic E-state index is 13.0. The van der Waals surface area contributed by atoms with E-state index in [1.54, 1.807) is 6.07 Å². The van der Waals surface area contributed by atoms with E-state index in [0.29, 0.717) is 27.9 Å². The van der Waals surface area contributed by atoms with Gasteiger partial charge in [0.15, 0.2) is 5.69 Å². The second-order valence-electron chi connectivity index (χ2n) is 9.12. The van der Waals surface area contributed by atoms with Gasteiger partial charge in [-0.25, -0.2) is 9.78 Å². The number of hydrogen-bond acceptors (Lipinski definition) is 6. The first-order valence-corrected chi connectivity index (χ1v) is 12.9. The average Bonchev–Trinajstić information content (AvgIpc) is 3.25. The molecule has 0 saturated heterocycles. The van der Waals surface area contributed by atoms with Gasteiger partial charge in [0.05, 0.1) is 21.6 Å². The molecule has 4 N–H and O–H groups in total. The van der Waals surface area contributed by atoms with Crippen molar-refractivity contribution in [1.82, 2.24) is 15.6 Å². The number of nitrogens with zero attached hydrogens (tertiary/aromatic N) is 1. The highest BCUT2D eigenvalue weighted by atomic mass is 35.5. The Morgan fingerprint density at radius 2 is 1.94 bits per heavy atom. The highest BCUT2D eigenvalue weighted by Gasteiger charge is 2.31. The van der Waals surface area contributed by atoms with Crippen LogP contribution >= 0.6 is 22.9 Å². The molecule has 0 spiro atoms. The van der Waals surface area contributed by atoms with Crippen LogP contribution < -0.4 is 16.0 Å². The number of hydrogen-bond donors (Lipinski definition) is 4. The van der Waals surface area contributed by atoms with Crippen LogP contribution in [0.2, 0.25) is 5.02 Å². The Hall–Kier alpha value is -2.65. The first-order chi connectivity index (χ1) is 16.3. The number of thiophene rings is 1. The molecule has 2 atom stereocenters. The van der Waals surface area contributed by atoms with Gasteiger partial charge >= 0.3 is 5.97 Å². The highest BCUT2D eigenvalue weighted by molar-refractivity contribution is 7.14. The third-order valence-electron chi connectivity index (χ3n) is 6.30. The van der Waals surface area contributed by atoms with E-state index in [4.69, 9.17) is 11.6 Å². The van der Waals surface area contributed by atoms with E-state index < -0.39 is 12.0 Å². The van der Waals surface area contributed by atoms with Crippen LogP contribution in [-0.2, 0) is 4.79 Å². The molecule has 2 heterocycles. The summed E-state index contributed by atoms with van der Waals surface area (Å²) in [5.74, 6) is -1.05. The van der Waals surface area contributed by atoms with Gasteiger partial charge in [-0.2, -0.15) is 0 Å². The van der Waals surface area contributed by atoms with Crippen LogP contribution in [0.1, 0.15) is 82.9 Å². The van der Waals surface area contributed by atoms with Crippen LogP contribution in [0.15, 0.2) is 24.4 Å². The lowest BCUT2D eigenvalue weighted by Crippen LogP contribution is -2.48. The third-order valence-corrected chi connectivity index (χ3v) is 7.77. The molecule has 34 heavy (non-hydrogen) atoms. The molecule has 2 aromatic rings. The average molecular weight is 505 g/mol. The van der Waals surface area contributed by atoms with E-state index in [9.17, 15) is 19.5 Å². The van der Waals surface area contributed by atoms with E-state index in [1.165, 1.54) is 36.4 Å². The van der Waals surface area contributed by atoms with Gasteiger partial charge in [0.1, 0.15) is 6.04 Å². The Kier molecular flexibility index (Phi) is 7.73. The van der Waals surface area contributed by atoms with Gasteiger partial charge in [0.25, 0.3) is 5.91 Å². The van der Waals surface area contributed by atoms with Gasteiger partial charge in [-0.1, -0.05) is 37.3 Å². The quantitative estimate of drug-likeness (QED) is 0.374. The third kappa shape index (κ3) is 6.27. The lowest BCUT2D eigenvalue weighted by atomic mass is 9.97. The van der Waals surface area contributed by atoms with Crippen LogP contribution in [0.4, 0.5) is 5.69 Å². The molecular formula is C24H29ClN4O4S. The standard InChI is InChI=1S/C24H29ClN4O4S/c1-13(27-17-11-15(25)12-26-21(17)24(32)33)19-8-9-20(34-19)23(31)29-18(10-14-4-2-3-5-14)22(30)28-16-6-7-16/h8-9,11-14,16,18,27H,2-7,10H2,1H3,(H,28,30)(H,29,31)(H,32,33)/t13-,18-/m0/s1. The summed E-state index contributed by atoms with van der Waals surface area (Å²) in [6.45, 7) is 1.87. The molecule has 0 aromatic carbocycles. The van der Waals surface area contributed by atoms with Gasteiger partial charge in [-0.15, -0.1) is 11.3 Å². The number of carbonyl (C=O) groups excluding carboxylic acids is 2. The number of pyridine rings is 1. The molecule has 2 aromatic heterocycles. The molecule has 2 aliphatic rings. The van der Waals surface area contributed by atoms with E-state index in [1.807, 2.05) is 13.0 Å². The topological polar surface area (TPSA) is 120 Å². The maximum atomic E-state index is 13.0. The van der Waals surface area contributed by atoms with Crippen molar-refractivity contribution in [3.8, 4) is 0 Å². The minimum Gasteiger partial charge on any atom is -0.476 e. The molecule has 10 heteroatoms. The van der Waals surface area contributed by atoms with Gasteiger partial charge in [-0.05, 0) is 50.3 Å². The van der Waals surface area contributed by atoms with E-state index in [-0.39, 0.29) is 29.6 Å². The first-order valence-electron chi connectivity index (χ1n) is 11.7. The Balaban J connectivity index is 1.42. The second kappa shape index (κ2) is 10.7. The summed E-state index contributed by atoms with van der Waals surface area (Å²) in [5.41, 5.74) is 0.183. The number of amides is 2. The summed E-state index contributed by atoms with van der Waals surface area (Å²) in [6.07, 6.45) is 8.52. The number of nitrogens with one attached hydrogen (secondary N) is 3. The van der Waals surface area contributed by atoms with Gasteiger partial charge in [0.2, 0.25) is 5.91 Å². The number of rotatable bonds is 10. The predicted octanol–water partition coefficient (Wildman–Crippen LogP) is 4.63. The van der Waals surface area contributed by atoms with Crippen LogP contribution in [0.3, 0.4) is 0 Å². The van der Waals surface area contributed by atoms with Crippen molar-refractivity contribution < 1.29 is 19.5 Å². The van der Waals surface area contributed by atoms with Crippen molar-refractivity contribution in [2.24, 2.45) is 5.92 Å². The fourth-order valence-corrected chi connectivity index (χ4v) is 5.37. The number of aromatic carboxylic acids is 1. The van der Waals surface area contributed by atoms with Crippen molar-refractivity contribution in [3.63, 3.8) is 0 Å². The largest absolute Gasteiger partial charge is 0.476 e. The number of carboxylic acids is 1. The molecule has 0 bridgehead atoms.